The lowest BCUT2D eigenvalue weighted by molar-refractivity contribution is 0.313. The number of hydrogen-bond donors (Lipinski definition) is 1. The number of anilines is 3. The standard InChI is InChI=1S/C26H28N8/c1-19-5-3-8-22(29-19)26-28-12-10-24(32-26)30-23-9-11-27-25(31-23)18-20-6-4-7-21(17-20)34-15-13-33(2)14-16-34/h3-12,17H,13-16,18H2,1-2H3,(H,27,28,30,31,32). The summed E-state index contributed by atoms with van der Waals surface area (Å²) in [6.45, 7) is 6.23. The Hall–Kier alpha value is -3.91. The van der Waals surface area contributed by atoms with Gasteiger partial charge in [0, 0.05) is 56.4 Å². The maximum Gasteiger partial charge on any atom is 0.180 e. The number of aryl methyl sites for hydroxylation is 1. The highest BCUT2D eigenvalue weighted by Gasteiger charge is 2.14. The van der Waals surface area contributed by atoms with E-state index in [0.717, 1.165) is 43.4 Å². The first-order valence-corrected chi connectivity index (χ1v) is 11.5. The highest BCUT2D eigenvalue weighted by atomic mass is 15.2. The van der Waals surface area contributed by atoms with E-state index in [1.165, 1.54) is 11.3 Å². The van der Waals surface area contributed by atoms with Crippen molar-refractivity contribution >= 4 is 17.3 Å². The molecule has 1 aliphatic heterocycles. The second-order valence-corrected chi connectivity index (χ2v) is 8.55. The van der Waals surface area contributed by atoms with E-state index in [4.69, 9.17) is 4.98 Å². The molecule has 1 aromatic carbocycles. The molecule has 0 bridgehead atoms. The predicted octanol–water partition coefficient (Wildman–Crippen LogP) is 3.72. The first-order valence-electron chi connectivity index (χ1n) is 11.5. The summed E-state index contributed by atoms with van der Waals surface area (Å²) in [7, 11) is 2.17. The average Bonchev–Trinajstić information content (AvgIpc) is 2.85. The summed E-state index contributed by atoms with van der Waals surface area (Å²) < 4.78 is 0. The minimum absolute atomic E-state index is 0.573. The molecule has 1 fully saturated rings. The SMILES string of the molecule is Cc1cccc(-c2nccc(Nc3ccnc(Cc4cccc(N5CCN(C)CC5)c4)n3)n2)n1. The average molecular weight is 453 g/mol. The first kappa shape index (κ1) is 21.9. The fourth-order valence-corrected chi connectivity index (χ4v) is 4.01. The van der Waals surface area contributed by atoms with Crippen LogP contribution in [0.4, 0.5) is 17.3 Å². The van der Waals surface area contributed by atoms with Crippen molar-refractivity contribution in [3.63, 3.8) is 0 Å². The van der Waals surface area contributed by atoms with E-state index in [1.54, 1.807) is 12.4 Å². The number of piperazine rings is 1. The topological polar surface area (TPSA) is 83.0 Å². The summed E-state index contributed by atoms with van der Waals surface area (Å²) in [4.78, 5) is 27.5. The highest BCUT2D eigenvalue weighted by molar-refractivity contribution is 5.56. The number of hydrogen-bond acceptors (Lipinski definition) is 8. The van der Waals surface area contributed by atoms with Crippen molar-refractivity contribution in [1.29, 1.82) is 0 Å². The van der Waals surface area contributed by atoms with Crippen molar-refractivity contribution in [3.05, 3.63) is 84.1 Å². The van der Waals surface area contributed by atoms with Crippen LogP contribution in [0.25, 0.3) is 11.5 Å². The van der Waals surface area contributed by atoms with Crippen LogP contribution in [0, 0.1) is 6.92 Å². The molecule has 4 heterocycles. The van der Waals surface area contributed by atoms with Crippen LogP contribution in [0.2, 0.25) is 0 Å². The smallest absolute Gasteiger partial charge is 0.180 e. The quantitative estimate of drug-likeness (QED) is 0.474. The lowest BCUT2D eigenvalue weighted by Crippen LogP contribution is -2.44. The third-order valence-corrected chi connectivity index (χ3v) is 5.88. The van der Waals surface area contributed by atoms with Gasteiger partial charge in [0.2, 0.25) is 0 Å². The lowest BCUT2D eigenvalue weighted by atomic mass is 10.1. The van der Waals surface area contributed by atoms with Crippen LogP contribution in [0.1, 0.15) is 17.1 Å². The minimum Gasteiger partial charge on any atom is -0.369 e. The maximum atomic E-state index is 4.71. The molecule has 0 unspecified atom stereocenters. The van der Waals surface area contributed by atoms with E-state index < -0.39 is 0 Å². The van der Waals surface area contributed by atoms with Gasteiger partial charge in [0.25, 0.3) is 0 Å². The second kappa shape index (κ2) is 9.93. The van der Waals surface area contributed by atoms with E-state index in [-0.39, 0.29) is 0 Å². The summed E-state index contributed by atoms with van der Waals surface area (Å²) >= 11 is 0. The van der Waals surface area contributed by atoms with Gasteiger partial charge in [0.05, 0.1) is 0 Å². The molecule has 1 N–H and O–H groups in total. The molecule has 1 saturated heterocycles. The molecule has 4 aromatic rings. The number of benzene rings is 1. The molecule has 34 heavy (non-hydrogen) atoms. The van der Waals surface area contributed by atoms with Crippen molar-refractivity contribution in [2.75, 3.05) is 43.4 Å². The molecule has 3 aromatic heterocycles. The number of likely N-dealkylation sites (N-methyl/N-ethyl adjacent to an activating group) is 1. The van der Waals surface area contributed by atoms with Crippen molar-refractivity contribution < 1.29 is 0 Å². The fourth-order valence-electron chi connectivity index (χ4n) is 4.01. The third-order valence-electron chi connectivity index (χ3n) is 5.88. The van der Waals surface area contributed by atoms with Crippen molar-refractivity contribution in [3.8, 4) is 11.5 Å². The van der Waals surface area contributed by atoms with Gasteiger partial charge in [-0.2, -0.15) is 0 Å². The molecule has 8 nitrogen and oxygen atoms in total. The summed E-state index contributed by atoms with van der Waals surface area (Å²) in [5.74, 6) is 2.69. The van der Waals surface area contributed by atoms with E-state index in [0.29, 0.717) is 23.9 Å². The minimum atomic E-state index is 0.573. The molecule has 1 aliphatic rings. The third kappa shape index (κ3) is 5.35. The van der Waals surface area contributed by atoms with Gasteiger partial charge in [-0.3, -0.25) is 0 Å². The van der Waals surface area contributed by atoms with Crippen LogP contribution in [0.3, 0.4) is 0 Å². The van der Waals surface area contributed by atoms with Crippen LogP contribution in [0.15, 0.2) is 67.0 Å². The zero-order valence-electron chi connectivity index (χ0n) is 19.5. The number of nitrogens with one attached hydrogen (secondary N) is 1. The summed E-state index contributed by atoms with van der Waals surface area (Å²) in [6.07, 6.45) is 4.17. The van der Waals surface area contributed by atoms with Gasteiger partial charge in [-0.25, -0.2) is 24.9 Å². The molecule has 0 aliphatic carbocycles. The van der Waals surface area contributed by atoms with Crippen LogP contribution < -0.4 is 10.2 Å². The maximum absolute atomic E-state index is 4.71. The zero-order valence-corrected chi connectivity index (χ0v) is 19.5. The monoisotopic (exact) mass is 452 g/mol. The van der Waals surface area contributed by atoms with Crippen molar-refractivity contribution in [1.82, 2.24) is 29.8 Å². The van der Waals surface area contributed by atoms with Crippen LogP contribution in [-0.4, -0.2) is 63.0 Å². The van der Waals surface area contributed by atoms with E-state index in [9.17, 15) is 0 Å². The van der Waals surface area contributed by atoms with Crippen LogP contribution >= 0.6 is 0 Å². The van der Waals surface area contributed by atoms with Gasteiger partial charge < -0.3 is 15.1 Å². The number of nitrogens with zero attached hydrogens (tertiary/aromatic N) is 7. The van der Waals surface area contributed by atoms with Crippen LogP contribution in [0.5, 0.6) is 0 Å². The summed E-state index contributed by atoms with van der Waals surface area (Å²) in [5.41, 5.74) is 4.13. The summed E-state index contributed by atoms with van der Waals surface area (Å²) in [5, 5.41) is 3.28. The largest absolute Gasteiger partial charge is 0.369 e. The lowest BCUT2D eigenvalue weighted by Gasteiger charge is -2.34. The molecular formula is C26H28N8. The molecule has 5 rings (SSSR count). The van der Waals surface area contributed by atoms with E-state index in [2.05, 4.69) is 66.4 Å². The first-order chi connectivity index (χ1) is 16.6. The Labute approximate surface area is 199 Å². The van der Waals surface area contributed by atoms with Crippen molar-refractivity contribution in [2.24, 2.45) is 0 Å². The molecule has 0 amide bonds. The van der Waals surface area contributed by atoms with Gasteiger partial charge in [-0.15, -0.1) is 0 Å². The number of pyridine rings is 1. The zero-order chi connectivity index (χ0) is 23.3. The molecule has 8 heteroatoms. The number of aromatic nitrogens is 5. The van der Waals surface area contributed by atoms with Crippen LogP contribution in [-0.2, 0) is 6.42 Å². The Balaban J connectivity index is 1.29. The Morgan fingerprint density at radius 3 is 2.41 bits per heavy atom. The molecular weight excluding hydrogens is 424 g/mol. The Morgan fingerprint density at radius 1 is 0.824 bits per heavy atom. The Kier molecular flexibility index (Phi) is 6.40. The Morgan fingerprint density at radius 2 is 1.59 bits per heavy atom. The predicted molar refractivity (Wildman–Crippen MR) is 134 cm³/mol. The van der Waals surface area contributed by atoms with Gasteiger partial charge in [0.1, 0.15) is 23.2 Å². The van der Waals surface area contributed by atoms with Gasteiger partial charge in [-0.05, 0) is 55.9 Å². The molecule has 0 saturated carbocycles. The Bertz CT molecular complexity index is 1270. The van der Waals surface area contributed by atoms with Crippen molar-refractivity contribution in [2.45, 2.75) is 13.3 Å². The van der Waals surface area contributed by atoms with Gasteiger partial charge in [-0.1, -0.05) is 18.2 Å². The molecule has 0 spiro atoms. The normalized spacial score (nSPS) is 14.2. The molecule has 0 atom stereocenters. The summed E-state index contributed by atoms with van der Waals surface area (Å²) in [6, 6.07) is 18.2. The van der Waals surface area contributed by atoms with E-state index >= 15 is 0 Å². The second-order valence-electron chi connectivity index (χ2n) is 8.55. The van der Waals surface area contributed by atoms with E-state index in [1.807, 2.05) is 37.3 Å². The van der Waals surface area contributed by atoms with Gasteiger partial charge >= 0.3 is 0 Å². The highest BCUT2D eigenvalue weighted by Crippen LogP contribution is 2.20. The molecule has 172 valence electrons. The fraction of sp³-hybridized carbons (Fsp3) is 0.269. The van der Waals surface area contributed by atoms with Gasteiger partial charge in [0.15, 0.2) is 5.82 Å². The number of rotatable bonds is 6. The molecule has 0 radical (unpaired) electrons.